The maximum Gasteiger partial charge on any atom is 0.186 e. The zero-order valence-corrected chi connectivity index (χ0v) is 14.4. The molecule has 1 aromatic rings. The van der Waals surface area contributed by atoms with Gasteiger partial charge in [-0.15, -0.1) is 23.5 Å². The van der Waals surface area contributed by atoms with Crippen LogP contribution in [0, 0.1) is 0 Å². The Labute approximate surface area is 141 Å². The zero-order chi connectivity index (χ0) is 15.0. The van der Waals surface area contributed by atoms with Crippen molar-refractivity contribution < 1.29 is 14.2 Å². The molecular weight excluding hydrogens is 316 g/mol. The second kappa shape index (κ2) is 9.18. The smallest absolute Gasteiger partial charge is 0.186 e. The van der Waals surface area contributed by atoms with Gasteiger partial charge in [0, 0.05) is 0 Å². The number of ether oxygens (including phenoxy) is 3. The fraction of sp³-hybridized carbons (Fsp3) is 0.647. The Balaban J connectivity index is 1.19. The van der Waals surface area contributed by atoms with Crippen LogP contribution in [0.5, 0.6) is 0 Å². The lowest BCUT2D eigenvalue weighted by molar-refractivity contribution is -0.394. The van der Waals surface area contributed by atoms with E-state index in [2.05, 4.69) is 35.7 Å². The first-order chi connectivity index (χ1) is 10.9. The van der Waals surface area contributed by atoms with Crippen LogP contribution in [-0.2, 0) is 20.8 Å². The summed E-state index contributed by atoms with van der Waals surface area (Å²) < 4.78 is 17.8. The molecule has 2 fully saturated rings. The van der Waals surface area contributed by atoms with Crippen LogP contribution in [0.1, 0.15) is 31.2 Å². The van der Waals surface area contributed by atoms with Gasteiger partial charge in [-0.2, -0.15) is 0 Å². The van der Waals surface area contributed by atoms with E-state index in [1.807, 2.05) is 18.2 Å². The molecule has 122 valence electrons. The molecule has 0 aromatic heterocycles. The van der Waals surface area contributed by atoms with Crippen molar-refractivity contribution in [3.05, 3.63) is 35.9 Å². The summed E-state index contributed by atoms with van der Waals surface area (Å²) >= 11 is 4.22. The van der Waals surface area contributed by atoms with Crippen LogP contribution >= 0.6 is 23.5 Å². The van der Waals surface area contributed by atoms with Gasteiger partial charge in [0.1, 0.15) is 0 Å². The average molecular weight is 341 g/mol. The molecule has 0 N–H and O–H groups in total. The molecule has 0 saturated carbocycles. The van der Waals surface area contributed by atoms with E-state index in [-0.39, 0.29) is 12.6 Å². The zero-order valence-electron chi connectivity index (χ0n) is 12.8. The van der Waals surface area contributed by atoms with Crippen LogP contribution in [0.2, 0.25) is 0 Å². The van der Waals surface area contributed by atoms with Crippen LogP contribution in [-0.4, -0.2) is 35.3 Å². The Morgan fingerprint density at radius 2 is 1.77 bits per heavy atom. The highest BCUT2D eigenvalue weighted by molar-refractivity contribution is 8.17. The number of hydrogen-bond acceptors (Lipinski definition) is 5. The molecule has 3 nitrogen and oxygen atoms in total. The minimum absolute atomic E-state index is 0.0103. The molecule has 0 bridgehead atoms. The van der Waals surface area contributed by atoms with Crippen LogP contribution in [0.25, 0.3) is 0 Å². The van der Waals surface area contributed by atoms with Gasteiger partial charge >= 0.3 is 0 Å². The van der Waals surface area contributed by atoms with Crippen LogP contribution < -0.4 is 0 Å². The molecule has 0 amide bonds. The third-order valence-corrected chi connectivity index (χ3v) is 6.83. The lowest BCUT2D eigenvalue weighted by Gasteiger charge is -2.36. The van der Waals surface area contributed by atoms with E-state index in [0.29, 0.717) is 13.2 Å². The standard InChI is InChI=1S/C17H24O3S2/c1-2-6-14(7-3-1)12-18-13-16-19-15(20-16)8-4-9-17-21-10-5-11-22-17/h1-3,6-7,15-17H,4-5,8-13H2. The lowest BCUT2D eigenvalue weighted by atomic mass is 10.2. The van der Waals surface area contributed by atoms with E-state index < -0.39 is 0 Å². The summed E-state index contributed by atoms with van der Waals surface area (Å²) in [6.45, 7) is 1.13. The predicted molar refractivity (Wildman–Crippen MR) is 93.0 cm³/mol. The van der Waals surface area contributed by atoms with Gasteiger partial charge in [-0.1, -0.05) is 30.3 Å². The Morgan fingerprint density at radius 3 is 2.55 bits per heavy atom. The van der Waals surface area contributed by atoms with E-state index in [4.69, 9.17) is 14.2 Å². The van der Waals surface area contributed by atoms with Crippen molar-refractivity contribution in [3.63, 3.8) is 0 Å². The van der Waals surface area contributed by atoms with Gasteiger partial charge in [-0.05, 0) is 42.8 Å². The van der Waals surface area contributed by atoms with E-state index >= 15 is 0 Å². The molecule has 2 heterocycles. The van der Waals surface area contributed by atoms with Crippen molar-refractivity contribution in [2.24, 2.45) is 0 Å². The van der Waals surface area contributed by atoms with Crippen LogP contribution in [0.4, 0.5) is 0 Å². The maximum absolute atomic E-state index is 5.71. The van der Waals surface area contributed by atoms with Crippen molar-refractivity contribution in [2.75, 3.05) is 18.1 Å². The van der Waals surface area contributed by atoms with Gasteiger partial charge in [0.05, 0.1) is 17.8 Å². The van der Waals surface area contributed by atoms with E-state index in [9.17, 15) is 0 Å². The van der Waals surface area contributed by atoms with Gasteiger partial charge < -0.3 is 14.2 Å². The molecule has 2 saturated heterocycles. The highest BCUT2D eigenvalue weighted by atomic mass is 32.2. The largest absolute Gasteiger partial charge is 0.371 e. The molecule has 0 spiro atoms. The van der Waals surface area contributed by atoms with E-state index in [1.165, 1.54) is 36.3 Å². The Kier molecular flexibility index (Phi) is 6.95. The van der Waals surface area contributed by atoms with Gasteiger partial charge in [0.25, 0.3) is 0 Å². The molecule has 1 aromatic carbocycles. The minimum atomic E-state index is -0.174. The Bertz CT molecular complexity index is 417. The number of rotatable bonds is 8. The monoisotopic (exact) mass is 340 g/mol. The number of benzene rings is 1. The SMILES string of the molecule is c1ccc(COCC2OC(CCCC3SCCCS3)O2)cc1. The summed E-state index contributed by atoms with van der Waals surface area (Å²) in [5, 5.41) is 0. The van der Waals surface area contributed by atoms with Crippen molar-refractivity contribution in [2.45, 2.75) is 49.5 Å². The normalized spacial score (nSPS) is 25.8. The molecule has 0 radical (unpaired) electrons. The molecule has 5 heteroatoms. The summed E-state index contributed by atoms with van der Waals surface area (Å²) in [4.78, 5) is 0. The van der Waals surface area contributed by atoms with E-state index in [0.717, 1.165) is 11.0 Å². The number of hydrogen-bond donors (Lipinski definition) is 0. The highest BCUT2D eigenvalue weighted by Crippen LogP contribution is 2.34. The summed E-state index contributed by atoms with van der Waals surface area (Å²) in [5.74, 6) is 2.66. The Morgan fingerprint density at radius 1 is 1.00 bits per heavy atom. The quantitative estimate of drug-likeness (QED) is 0.704. The fourth-order valence-electron chi connectivity index (χ4n) is 2.57. The Hall–Kier alpha value is -0.200. The summed E-state index contributed by atoms with van der Waals surface area (Å²) in [7, 11) is 0. The van der Waals surface area contributed by atoms with Gasteiger partial charge in [-0.25, -0.2) is 0 Å². The van der Waals surface area contributed by atoms with Crippen molar-refractivity contribution in [3.8, 4) is 0 Å². The first-order valence-electron chi connectivity index (χ1n) is 8.06. The summed E-state index contributed by atoms with van der Waals surface area (Å²) in [6.07, 6.45) is 4.65. The predicted octanol–water partition coefficient (Wildman–Crippen LogP) is 4.27. The topological polar surface area (TPSA) is 27.7 Å². The van der Waals surface area contributed by atoms with Crippen LogP contribution in [0.3, 0.4) is 0 Å². The van der Waals surface area contributed by atoms with Gasteiger partial charge in [0.2, 0.25) is 0 Å². The number of thioether (sulfide) groups is 2. The highest BCUT2D eigenvalue weighted by Gasteiger charge is 2.30. The van der Waals surface area contributed by atoms with Crippen LogP contribution in [0.15, 0.2) is 30.3 Å². The molecule has 0 unspecified atom stereocenters. The molecule has 22 heavy (non-hydrogen) atoms. The third-order valence-electron chi connectivity index (χ3n) is 3.75. The maximum atomic E-state index is 5.71. The molecule has 2 aliphatic rings. The van der Waals surface area contributed by atoms with E-state index in [1.54, 1.807) is 0 Å². The van der Waals surface area contributed by atoms with Crippen molar-refractivity contribution in [1.82, 2.24) is 0 Å². The molecule has 0 atom stereocenters. The van der Waals surface area contributed by atoms with Gasteiger partial charge in [-0.3, -0.25) is 0 Å². The van der Waals surface area contributed by atoms with Gasteiger partial charge in [0.15, 0.2) is 12.6 Å². The summed E-state index contributed by atoms with van der Waals surface area (Å²) in [6, 6.07) is 10.2. The molecule has 2 aliphatic heterocycles. The molecule has 0 aliphatic carbocycles. The summed E-state index contributed by atoms with van der Waals surface area (Å²) in [5.41, 5.74) is 1.18. The molecular formula is C17H24O3S2. The first kappa shape index (κ1) is 16.7. The van der Waals surface area contributed by atoms with Crippen molar-refractivity contribution in [1.29, 1.82) is 0 Å². The minimum Gasteiger partial charge on any atom is -0.371 e. The fourth-order valence-corrected chi connectivity index (χ4v) is 5.52. The lowest BCUT2D eigenvalue weighted by Crippen LogP contribution is -2.43. The third kappa shape index (κ3) is 5.46. The first-order valence-corrected chi connectivity index (χ1v) is 10.2. The van der Waals surface area contributed by atoms with Crippen molar-refractivity contribution >= 4 is 23.5 Å². The second-order valence-corrected chi connectivity index (χ2v) is 8.51. The second-order valence-electron chi connectivity index (χ2n) is 5.59. The molecule has 3 rings (SSSR count). The average Bonchev–Trinajstić information content (AvgIpc) is 2.54.